The van der Waals surface area contributed by atoms with Crippen molar-refractivity contribution in [3.8, 4) is 0 Å². The predicted octanol–water partition coefficient (Wildman–Crippen LogP) is 2.58. The first-order chi connectivity index (χ1) is 9.09. The van der Waals surface area contributed by atoms with E-state index in [1.807, 2.05) is 12.1 Å². The van der Waals surface area contributed by atoms with Gasteiger partial charge in [-0.25, -0.2) is 4.79 Å². The van der Waals surface area contributed by atoms with Gasteiger partial charge in [-0.2, -0.15) is 0 Å². The van der Waals surface area contributed by atoms with Crippen molar-refractivity contribution in [1.29, 1.82) is 0 Å². The van der Waals surface area contributed by atoms with Crippen LogP contribution in [-0.2, 0) is 4.79 Å². The summed E-state index contributed by atoms with van der Waals surface area (Å²) < 4.78 is 0. The number of aromatic carboxylic acids is 1. The van der Waals surface area contributed by atoms with E-state index in [0.717, 1.165) is 38.0 Å². The average Bonchev–Trinajstić information content (AvgIpc) is 2.64. The van der Waals surface area contributed by atoms with Crippen LogP contribution in [0.15, 0.2) is 24.3 Å². The molecule has 0 radical (unpaired) electrons. The number of rotatable bonds is 3. The number of benzene rings is 1. The van der Waals surface area contributed by atoms with Gasteiger partial charge in [-0.05, 0) is 38.3 Å². The maximum absolute atomic E-state index is 11.5. The number of Topliss-reactive ketones (excluding diaryl/α,β-unsaturated/α-hetero) is 1. The van der Waals surface area contributed by atoms with Crippen LogP contribution in [0.2, 0.25) is 0 Å². The van der Waals surface area contributed by atoms with E-state index >= 15 is 0 Å². The molecule has 0 aliphatic carbocycles. The van der Waals surface area contributed by atoms with Gasteiger partial charge in [0.25, 0.3) is 0 Å². The van der Waals surface area contributed by atoms with E-state index in [2.05, 4.69) is 4.90 Å². The summed E-state index contributed by atoms with van der Waals surface area (Å²) in [5.41, 5.74) is 1.10. The van der Waals surface area contributed by atoms with Crippen LogP contribution >= 0.6 is 0 Å². The van der Waals surface area contributed by atoms with Crippen LogP contribution in [0.3, 0.4) is 0 Å². The molecule has 4 nitrogen and oxygen atoms in total. The lowest BCUT2D eigenvalue weighted by atomic mass is 9.97. The van der Waals surface area contributed by atoms with Crippen molar-refractivity contribution in [3.05, 3.63) is 29.8 Å². The Balaban J connectivity index is 2.19. The maximum Gasteiger partial charge on any atom is 0.337 e. The van der Waals surface area contributed by atoms with Crippen LogP contribution in [0, 0.1) is 5.92 Å². The van der Waals surface area contributed by atoms with Crippen molar-refractivity contribution in [2.75, 3.05) is 18.0 Å². The summed E-state index contributed by atoms with van der Waals surface area (Å²) in [5.74, 6) is -0.529. The highest BCUT2D eigenvalue weighted by atomic mass is 16.4. The van der Waals surface area contributed by atoms with Crippen molar-refractivity contribution in [2.45, 2.75) is 26.2 Å². The van der Waals surface area contributed by atoms with Crippen LogP contribution in [0.1, 0.15) is 36.5 Å². The molecule has 1 aliphatic heterocycles. The van der Waals surface area contributed by atoms with Crippen molar-refractivity contribution in [3.63, 3.8) is 0 Å². The quantitative estimate of drug-likeness (QED) is 0.908. The van der Waals surface area contributed by atoms with Gasteiger partial charge in [0.15, 0.2) is 0 Å². The standard InChI is InChI=1S/C15H19NO3/c1-11(17)12-5-4-9-16(10-8-12)14-7-3-2-6-13(14)15(18)19/h2-3,6-7,12H,4-5,8-10H2,1H3,(H,18,19). The van der Waals surface area contributed by atoms with Crippen LogP contribution in [0.5, 0.6) is 0 Å². The lowest BCUT2D eigenvalue weighted by Crippen LogP contribution is -2.26. The molecule has 1 atom stereocenters. The Labute approximate surface area is 113 Å². The molecule has 1 fully saturated rings. The second-order valence-electron chi connectivity index (χ2n) is 5.05. The van der Waals surface area contributed by atoms with Gasteiger partial charge in [0.2, 0.25) is 0 Å². The first-order valence-corrected chi connectivity index (χ1v) is 6.67. The Morgan fingerprint density at radius 1 is 1.21 bits per heavy atom. The molecule has 1 saturated heterocycles. The molecule has 4 heteroatoms. The number of carbonyl (C=O) groups excluding carboxylic acids is 1. The van der Waals surface area contributed by atoms with Gasteiger partial charge in [0.1, 0.15) is 5.78 Å². The van der Waals surface area contributed by atoms with Gasteiger partial charge < -0.3 is 10.0 Å². The predicted molar refractivity (Wildman–Crippen MR) is 73.6 cm³/mol. The fraction of sp³-hybridized carbons (Fsp3) is 0.467. The third-order valence-electron chi connectivity index (χ3n) is 3.78. The minimum absolute atomic E-state index is 0.127. The first kappa shape index (κ1) is 13.6. The molecule has 1 aromatic rings. The van der Waals surface area contributed by atoms with Crippen LogP contribution < -0.4 is 4.90 Å². The summed E-state index contributed by atoms with van der Waals surface area (Å²) in [6, 6.07) is 7.07. The molecular weight excluding hydrogens is 242 g/mol. The van der Waals surface area contributed by atoms with E-state index in [0.29, 0.717) is 5.56 Å². The normalized spacial score (nSPS) is 19.8. The molecule has 0 bridgehead atoms. The van der Waals surface area contributed by atoms with Gasteiger partial charge in [-0.15, -0.1) is 0 Å². The minimum atomic E-state index is -0.900. The number of para-hydroxylation sites is 1. The summed E-state index contributed by atoms with van der Waals surface area (Å²) >= 11 is 0. The highest BCUT2D eigenvalue weighted by molar-refractivity contribution is 5.94. The zero-order valence-electron chi connectivity index (χ0n) is 11.1. The number of hydrogen-bond donors (Lipinski definition) is 1. The van der Waals surface area contributed by atoms with Gasteiger partial charge >= 0.3 is 5.97 Å². The SMILES string of the molecule is CC(=O)C1CCCN(c2ccccc2C(=O)O)CC1. The molecule has 1 aromatic carbocycles. The number of hydrogen-bond acceptors (Lipinski definition) is 3. The molecule has 1 N–H and O–H groups in total. The summed E-state index contributed by atoms with van der Waals surface area (Å²) in [4.78, 5) is 24.8. The number of carboxylic acid groups (broad SMARTS) is 1. The minimum Gasteiger partial charge on any atom is -0.478 e. The smallest absolute Gasteiger partial charge is 0.337 e. The van der Waals surface area contributed by atoms with E-state index in [1.54, 1.807) is 19.1 Å². The molecule has 1 heterocycles. The van der Waals surface area contributed by atoms with Gasteiger partial charge in [-0.1, -0.05) is 12.1 Å². The number of carboxylic acids is 1. The Hall–Kier alpha value is -1.84. The van der Waals surface area contributed by atoms with E-state index < -0.39 is 5.97 Å². The van der Waals surface area contributed by atoms with Crippen molar-refractivity contribution in [2.24, 2.45) is 5.92 Å². The van der Waals surface area contributed by atoms with Gasteiger partial charge in [0.05, 0.1) is 11.3 Å². The second kappa shape index (κ2) is 5.87. The number of carbonyl (C=O) groups is 2. The fourth-order valence-corrected chi connectivity index (χ4v) is 2.67. The molecule has 0 spiro atoms. The Bertz CT molecular complexity index is 484. The summed E-state index contributed by atoms with van der Waals surface area (Å²) in [5, 5.41) is 9.23. The molecule has 102 valence electrons. The molecule has 0 saturated carbocycles. The van der Waals surface area contributed by atoms with E-state index in [9.17, 15) is 14.7 Å². The summed E-state index contributed by atoms with van der Waals surface area (Å²) in [6.07, 6.45) is 2.64. The summed E-state index contributed by atoms with van der Waals surface area (Å²) in [6.45, 7) is 3.20. The van der Waals surface area contributed by atoms with Gasteiger partial charge in [0, 0.05) is 19.0 Å². The van der Waals surface area contributed by atoms with E-state index in [4.69, 9.17) is 0 Å². The second-order valence-corrected chi connectivity index (χ2v) is 5.05. The van der Waals surface area contributed by atoms with Crippen LogP contribution in [0.4, 0.5) is 5.69 Å². The molecule has 1 unspecified atom stereocenters. The van der Waals surface area contributed by atoms with Gasteiger partial charge in [-0.3, -0.25) is 4.79 Å². The molecule has 19 heavy (non-hydrogen) atoms. The average molecular weight is 261 g/mol. The number of ketones is 1. The number of nitrogens with zero attached hydrogens (tertiary/aromatic N) is 1. The van der Waals surface area contributed by atoms with Crippen LogP contribution in [-0.4, -0.2) is 29.9 Å². The lowest BCUT2D eigenvalue weighted by Gasteiger charge is -2.24. The largest absolute Gasteiger partial charge is 0.478 e. The molecule has 2 rings (SSSR count). The molecular formula is C15H19NO3. The third kappa shape index (κ3) is 3.13. The maximum atomic E-state index is 11.5. The number of anilines is 1. The van der Waals surface area contributed by atoms with Crippen molar-refractivity contribution in [1.82, 2.24) is 0 Å². The Kier molecular flexibility index (Phi) is 4.20. The zero-order valence-corrected chi connectivity index (χ0v) is 11.1. The topological polar surface area (TPSA) is 57.6 Å². The molecule has 0 amide bonds. The Morgan fingerprint density at radius 2 is 1.95 bits per heavy atom. The lowest BCUT2D eigenvalue weighted by molar-refractivity contribution is -0.121. The highest BCUT2D eigenvalue weighted by Crippen LogP contribution is 2.26. The van der Waals surface area contributed by atoms with Crippen LogP contribution in [0.25, 0.3) is 0 Å². The first-order valence-electron chi connectivity index (χ1n) is 6.67. The van der Waals surface area contributed by atoms with E-state index in [1.165, 1.54) is 0 Å². The molecule has 0 aromatic heterocycles. The fourth-order valence-electron chi connectivity index (χ4n) is 2.67. The monoisotopic (exact) mass is 261 g/mol. The van der Waals surface area contributed by atoms with Crippen molar-refractivity contribution < 1.29 is 14.7 Å². The van der Waals surface area contributed by atoms with Crippen molar-refractivity contribution >= 4 is 17.4 Å². The summed E-state index contributed by atoms with van der Waals surface area (Å²) in [7, 11) is 0. The zero-order chi connectivity index (χ0) is 13.8. The highest BCUT2D eigenvalue weighted by Gasteiger charge is 2.22. The molecule has 1 aliphatic rings. The van der Waals surface area contributed by atoms with E-state index in [-0.39, 0.29) is 11.7 Å². The third-order valence-corrected chi connectivity index (χ3v) is 3.78. The Morgan fingerprint density at radius 3 is 2.63 bits per heavy atom.